The van der Waals surface area contributed by atoms with Gasteiger partial charge in [-0.05, 0) is 37.5 Å². The Balaban J connectivity index is 1.80. The topological polar surface area (TPSA) is 49.0 Å². The molecule has 2 aromatic heterocycles. The summed E-state index contributed by atoms with van der Waals surface area (Å²) in [6, 6.07) is 4.10. The highest BCUT2D eigenvalue weighted by molar-refractivity contribution is 7.17. The van der Waals surface area contributed by atoms with Gasteiger partial charge >= 0.3 is 11.8 Å². The molecule has 2 aromatic rings. The summed E-state index contributed by atoms with van der Waals surface area (Å²) < 4.78 is 53.5. The van der Waals surface area contributed by atoms with Crippen molar-refractivity contribution >= 4 is 17.2 Å². The minimum atomic E-state index is -4.35. The quantitative estimate of drug-likeness (QED) is 0.800. The Labute approximate surface area is 145 Å². The Morgan fingerprint density at radius 2 is 1.88 bits per heavy atom. The summed E-state index contributed by atoms with van der Waals surface area (Å²) in [7, 11) is 0. The molecule has 4 nitrogen and oxygen atoms in total. The number of piperidine rings is 1. The average Bonchev–Trinajstić information content (AvgIpc) is 3.23. The van der Waals surface area contributed by atoms with E-state index in [-0.39, 0.29) is 18.5 Å². The highest BCUT2D eigenvalue weighted by Gasteiger charge is 2.55. The first-order valence-electron chi connectivity index (χ1n) is 7.91. The second-order valence-corrected chi connectivity index (χ2v) is 7.23. The van der Waals surface area contributed by atoms with E-state index in [0.29, 0.717) is 22.8 Å². The van der Waals surface area contributed by atoms with Crippen LogP contribution in [-0.2, 0) is 5.92 Å². The Kier molecular flexibility index (Phi) is 4.61. The van der Waals surface area contributed by atoms with Crippen molar-refractivity contribution < 1.29 is 22.4 Å². The van der Waals surface area contributed by atoms with Crippen LogP contribution in [0.1, 0.15) is 41.6 Å². The fraction of sp³-hybridized carbons (Fsp3) is 0.500. The lowest BCUT2D eigenvalue weighted by molar-refractivity contribution is -0.207. The van der Waals surface area contributed by atoms with Crippen molar-refractivity contribution in [1.82, 2.24) is 15.1 Å². The van der Waals surface area contributed by atoms with Crippen LogP contribution >= 0.6 is 11.3 Å². The smallest absolute Gasteiger partial charge is 0.338 e. The predicted molar refractivity (Wildman–Crippen MR) is 86.2 cm³/mol. The number of carbonyl (C=O) groups excluding carboxylic acids is 1. The molecule has 0 aliphatic carbocycles. The van der Waals surface area contributed by atoms with Crippen molar-refractivity contribution in [2.24, 2.45) is 0 Å². The maximum absolute atomic E-state index is 13.7. The van der Waals surface area contributed by atoms with E-state index in [2.05, 4.69) is 5.10 Å². The van der Waals surface area contributed by atoms with Gasteiger partial charge in [0.2, 0.25) is 0 Å². The number of H-pyrrole nitrogens is 1. The maximum atomic E-state index is 13.7. The Morgan fingerprint density at radius 1 is 1.20 bits per heavy atom. The molecule has 1 aliphatic rings. The monoisotopic (exact) mass is 375 g/mol. The van der Waals surface area contributed by atoms with E-state index in [4.69, 9.17) is 0 Å². The Bertz CT molecular complexity index is 760. The minimum absolute atomic E-state index is 0.0999. The van der Waals surface area contributed by atoms with E-state index in [1.54, 1.807) is 17.0 Å². The lowest BCUT2D eigenvalue weighted by Crippen LogP contribution is -2.35. The number of rotatable bonds is 4. The SMILES string of the molecule is CC(F)(F)C(F)(F)c1cc(-c2ccc(C(=O)N3CCCCC3)s2)n[nH]1. The van der Waals surface area contributed by atoms with Crippen molar-refractivity contribution in [1.29, 1.82) is 0 Å². The molecule has 0 saturated carbocycles. The summed E-state index contributed by atoms with van der Waals surface area (Å²) in [4.78, 5) is 15.1. The summed E-state index contributed by atoms with van der Waals surface area (Å²) in [6.07, 6.45) is 3.03. The van der Waals surface area contributed by atoms with E-state index in [1.807, 2.05) is 5.10 Å². The van der Waals surface area contributed by atoms with Crippen molar-refractivity contribution in [2.45, 2.75) is 38.0 Å². The summed E-state index contributed by atoms with van der Waals surface area (Å²) in [5.41, 5.74) is -0.839. The van der Waals surface area contributed by atoms with E-state index < -0.39 is 17.5 Å². The van der Waals surface area contributed by atoms with Crippen molar-refractivity contribution in [3.05, 3.63) is 28.8 Å². The summed E-state index contributed by atoms with van der Waals surface area (Å²) in [5, 5.41) is 5.68. The number of nitrogens with one attached hydrogen (secondary N) is 1. The number of carbonyl (C=O) groups is 1. The van der Waals surface area contributed by atoms with Gasteiger partial charge in [-0.1, -0.05) is 0 Å². The molecule has 0 spiro atoms. The Morgan fingerprint density at radius 3 is 2.52 bits per heavy atom. The molecule has 1 N–H and O–H groups in total. The van der Waals surface area contributed by atoms with Gasteiger partial charge in [-0.25, -0.2) is 0 Å². The van der Waals surface area contributed by atoms with Gasteiger partial charge < -0.3 is 4.90 Å². The van der Waals surface area contributed by atoms with Crippen LogP contribution in [0.3, 0.4) is 0 Å². The average molecular weight is 375 g/mol. The number of aromatic nitrogens is 2. The van der Waals surface area contributed by atoms with Crippen molar-refractivity contribution in [3.8, 4) is 10.6 Å². The molecule has 3 rings (SSSR count). The summed E-state index contributed by atoms with van der Waals surface area (Å²) >= 11 is 1.11. The van der Waals surface area contributed by atoms with Gasteiger partial charge in [-0.3, -0.25) is 9.89 Å². The number of likely N-dealkylation sites (tertiary alicyclic amines) is 1. The highest BCUT2D eigenvalue weighted by atomic mass is 32.1. The number of thiophene rings is 1. The number of aromatic amines is 1. The van der Waals surface area contributed by atoms with Crippen LogP contribution in [0.4, 0.5) is 17.6 Å². The molecule has 1 saturated heterocycles. The number of amides is 1. The first-order valence-corrected chi connectivity index (χ1v) is 8.73. The molecule has 1 fully saturated rings. The third kappa shape index (κ3) is 3.42. The molecule has 136 valence electrons. The van der Waals surface area contributed by atoms with E-state index in [9.17, 15) is 22.4 Å². The van der Waals surface area contributed by atoms with Gasteiger partial charge in [0.25, 0.3) is 5.91 Å². The van der Waals surface area contributed by atoms with Crippen LogP contribution < -0.4 is 0 Å². The summed E-state index contributed by atoms with van der Waals surface area (Å²) in [6.45, 7) is 1.57. The second kappa shape index (κ2) is 6.44. The van der Waals surface area contributed by atoms with Crippen LogP contribution in [0.15, 0.2) is 18.2 Å². The zero-order valence-corrected chi connectivity index (χ0v) is 14.3. The third-order valence-corrected chi connectivity index (χ3v) is 5.28. The zero-order chi connectivity index (χ0) is 18.2. The fourth-order valence-corrected chi connectivity index (χ4v) is 3.62. The highest BCUT2D eigenvalue weighted by Crippen LogP contribution is 2.42. The predicted octanol–water partition coefficient (Wildman–Crippen LogP) is 4.51. The van der Waals surface area contributed by atoms with Crippen LogP contribution in [0.25, 0.3) is 10.6 Å². The molecule has 0 bridgehead atoms. The van der Waals surface area contributed by atoms with E-state index in [0.717, 1.165) is 36.7 Å². The lowest BCUT2D eigenvalue weighted by Gasteiger charge is -2.26. The fourth-order valence-electron chi connectivity index (χ4n) is 2.69. The first kappa shape index (κ1) is 17.9. The van der Waals surface area contributed by atoms with Gasteiger partial charge in [-0.2, -0.15) is 22.7 Å². The summed E-state index contributed by atoms with van der Waals surface area (Å²) in [5.74, 6) is -8.65. The third-order valence-electron chi connectivity index (χ3n) is 4.18. The number of halogens is 4. The maximum Gasteiger partial charge on any atom is 0.350 e. The van der Waals surface area contributed by atoms with Crippen LogP contribution in [-0.4, -0.2) is 40.0 Å². The first-order chi connectivity index (χ1) is 11.7. The van der Waals surface area contributed by atoms with Crippen LogP contribution in [0.5, 0.6) is 0 Å². The molecule has 3 heterocycles. The molecular weight excluding hydrogens is 358 g/mol. The van der Waals surface area contributed by atoms with Gasteiger partial charge in [0.1, 0.15) is 11.4 Å². The molecule has 1 amide bonds. The molecule has 0 unspecified atom stereocenters. The zero-order valence-electron chi connectivity index (χ0n) is 13.5. The van der Waals surface area contributed by atoms with Gasteiger partial charge in [0, 0.05) is 20.0 Å². The lowest BCUT2D eigenvalue weighted by atomic mass is 10.1. The molecule has 9 heteroatoms. The van der Waals surface area contributed by atoms with E-state index in [1.165, 1.54) is 0 Å². The minimum Gasteiger partial charge on any atom is -0.338 e. The molecule has 0 radical (unpaired) electrons. The standard InChI is InChI=1S/C16H17F4N3OS/c1-15(17,18)16(19,20)13-9-10(21-22-13)11-5-6-12(25-11)14(24)23-7-3-2-4-8-23/h5-6,9H,2-4,7-8H2,1H3,(H,21,22). The molecule has 0 aromatic carbocycles. The van der Waals surface area contributed by atoms with Gasteiger partial charge in [0.05, 0.1) is 9.75 Å². The number of nitrogens with zero attached hydrogens (tertiary/aromatic N) is 2. The normalized spacial score (nSPS) is 16.3. The van der Waals surface area contributed by atoms with Gasteiger partial charge in [0.15, 0.2) is 0 Å². The molecular formula is C16H17F4N3OS. The van der Waals surface area contributed by atoms with Crippen molar-refractivity contribution in [2.75, 3.05) is 13.1 Å². The molecule has 0 atom stereocenters. The Hall–Kier alpha value is -1.90. The largest absolute Gasteiger partial charge is 0.350 e. The van der Waals surface area contributed by atoms with Crippen molar-refractivity contribution in [3.63, 3.8) is 0 Å². The second-order valence-electron chi connectivity index (χ2n) is 6.15. The number of hydrogen-bond acceptors (Lipinski definition) is 3. The van der Waals surface area contributed by atoms with E-state index >= 15 is 0 Å². The van der Waals surface area contributed by atoms with Gasteiger partial charge in [-0.15, -0.1) is 11.3 Å². The number of alkyl halides is 4. The van der Waals surface area contributed by atoms with Crippen LogP contribution in [0, 0.1) is 0 Å². The molecule has 1 aliphatic heterocycles. The number of hydrogen-bond donors (Lipinski definition) is 1. The van der Waals surface area contributed by atoms with Crippen LogP contribution in [0.2, 0.25) is 0 Å². The molecule has 25 heavy (non-hydrogen) atoms.